The van der Waals surface area contributed by atoms with Crippen molar-refractivity contribution in [3.8, 4) is 0 Å². The van der Waals surface area contributed by atoms with Gasteiger partial charge in [-0.2, -0.15) is 0 Å². The highest BCUT2D eigenvalue weighted by Crippen LogP contribution is 2.06. The summed E-state index contributed by atoms with van der Waals surface area (Å²) in [4.78, 5) is 14.0. The first-order valence-corrected chi connectivity index (χ1v) is 8.75. The van der Waals surface area contributed by atoms with Crippen LogP contribution in [0.25, 0.3) is 0 Å². The number of carbonyl (C=O) groups excluding carboxylic acids is 1. The number of sulfone groups is 1. The van der Waals surface area contributed by atoms with E-state index in [0.29, 0.717) is 26.1 Å². The van der Waals surface area contributed by atoms with Gasteiger partial charge >= 0.3 is 0 Å². The molecule has 1 heterocycles. The molecule has 0 bridgehead atoms. The smallest absolute Gasteiger partial charge is 0.238 e. The van der Waals surface area contributed by atoms with Gasteiger partial charge < -0.3 is 10.6 Å². The van der Waals surface area contributed by atoms with E-state index in [1.165, 1.54) is 0 Å². The number of rotatable bonds is 7. The van der Waals surface area contributed by atoms with Crippen LogP contribution in [0.1, 0.15) is 20.3 Å². The zero-order valence-corrected chi connectivity index (χ0v) is 12.6. The number of likely N-dealkylation sites (N-methyl/N-ethyl adjacent to an activating group) is 1. The molecule has 1 unspecified atom stereocenters. The standard InChI is InChI=1S/C12H25N3O3S/c1-3-14-12(16)11-10-13-6-8-15(11)7-5-9-19(17,18)4-2/h11,13H,3-10H2,1-2H3,(H,14,16). The normalized spacial score (nSPS) is 21.3. The van der Waals surface area contributed by atoms with Crippen LogP contribution >= 0.6 is 0 Å². The van der Waals surface area contributed by atoms with Gasteiger partial charge in [0.25, 0.3) is 0 Å². The summed E-state index contributed by atoms with van der Waals surface area (Å²) >= 11 is 0. The highest BCUT2D eigenvalue weighted by Gasteiger charge is 2.27. The number of amides is 1. The van der Waals surface area contributed by atoms with Crippen molar-refractivity contribution >= 4 is 15.7 Å². The van der Waals surface area contributed by atoms with Gasteiger partial charge in [0.15, 0.2) is 0 Å². The summed E-state index contributed by atoms with van der Waals surface area (Å²) in [7, 11) is -2.91. The summed E-state index contributed by atoms with van der Waals surface area (Å²) < 4.78 is 22.9. The first kappa shape index (κ1) is 16.4. The van der Waals surface area contributed by atoms with Gasteiger partial charge in [0, 0.05) is 31.9 Å². The minimum Gasteiger partial charge on any atom is -0.355 e. The van der Waals surface area contributed by atoms with Gasteiger partial charge in [0.05, 0.1) is 5.75 Å². The zero-order valence-electron chi connectivity index (χ0n) is 11.8. The maximum Gasteiger partial charge on any atom is 0.238 e. The lowest BCUT2D eigenvalue weighted by Crippen LogP contribution is -2.58. The topological polar surface area (TPSA) is 78.5 Å². The number of nitrogens with zero attached hydrogens (tertiary/aromatic N) is 1. The van der Waals surface area contributed by atoms with Crippen molar-refractivity contribution < 1.29 is 13.2 Å². The van der Waals surface area contributed by atoms with Gasteiger partial charge in [0.1, 0.15) is 15.9 Å². The van der Waals surface area contributed by atoms with Crippen LogP contribution in [-0.2, 0) is 14.6 Å². The molecule has 112 valence electrons. The first-order valence-electron chi connectivity index (χ1n) is 6.93. The second kappa shape index (κ2) is 7.81. The quantitative estimate of drug-likeness (QED) is 0.643. The molecule has 0 aromatic carbocycles. The Morgan fingerprint density at radius 3 is 2.79 bits per heavy atom. The molecule has 0 aromatic rings. The minimum absolute atomic E-state index is 0.0213. The largest absolute Gasteiger partial charge is 0.355 e. The van der Waals surface area contributed by atoms with Gasteiger partial charge in [-0.25, -0.2) is 8.42 Å². The van der Waals surface area contributed by atoms with E-state index >= 15 is 0 Å². The number of piperazine rings is 1. The number of hydrogen-bond donors (Lipinski definition) is 2. The summed E-state index contributed by atoms with van der Waals surface area (Å²) in [6.45, 7) is 7.09. The third-order valence-electron chi connectivity index (χ3n) is 3.35. The van der Waals surface area contributed by atoms with Gasteiger partial charge in [-0.1, -0.05) is 6.92 Å². The Kier molecular flexibility index (Phi) is 6.74. The molecule has 1 aliphatic rings. The van der Waals surface area contributed by atoms with Gasteiger partial charge in [0.2, 0.25) is 5.91 Å². The number of carbonyl (C=O) groups is 1. The van der Waals surface area contributed by atoms with Gasteiger partial charge in [-0.3, -0.25) is 9.69 Å². The molecule has 0 radical (unpaired) electrons. The Morgan fingerprint density at radius 1 is 1.42 bits per heavy atom. The predicted molar refractivity (Wildman–Crippen MR) is 75.9 cm³/mol. The predicted octanol–water partition coefficient (Wildman–Crippen LogP) is -0.779. The molecule has 1 aliphatic heterocycles. The second-order valence-electron chi connectivity index (χ2n) is 4.74. The molecule has 1 amide bonds. The maximum absolute atomic E-state index is 11.9. The van der Waals surface area contributed by atoms with Crippen molar-refractivity contribution in [2.24, 2.45) is 0 Å². The molecule has 0 aliphatic carbocycles. The maximum atomic E-state index is 11.9. The fourth-order valence-electron chi connectivity index (χ4n) is 2.20. The van der Waals surface area contributed by atoms with E-state index in [-0.39, 0.29) is 23.5 Å². The average molecular weight is 291 g/mol. The van der Waals surface area contributed by atoms with Crippen molar-refractivity contribution in [1.82, 2.24) is 15.5 Å². The molecule has 1 rings (SSSR count). The monoisotopic (exact) mass is 291 g/mol. The van der Waals surface area contributed by atoms with E-state index in [1.807, 2.05) is 6.92 Å². The van der Waals surface area contributed by atoms with E-state index in [9.17, 15) is 13.2 Å². The average Bonchev–Trinajstić information content (AvgIpc) is 2.39. The van der Waals surface area contributed by atoms with Crippen LogP contribution in [0.5, 0.6) is 0 Å². The SMILES string of the molecule is CCNC(=O)C1CNCCN1CCCS(=O)(=O)CC. The Labute approximate surface area is 115 Å². The van der Waals surface area contributed by atoms with E-state index in [1.54, 1.807) is 6.92 Å². The molecule has 7 heteroatoms. The highest BCUT2D eigenvalue weighted by atomic mass is 32.2. The fourth-order valence-corrected chi connectivity index (χ4v) is 3.05. The molecular weight excluding hydrogens is 266 g/mol. The summed E-state index contributed by atoms with van der Waals surface area (Å²) in [5, 5.41) is 6.03. The van der Waals surface area contributed by atoms with Crippen molar-refractivity contribution in [1.29, 1.82) is 0 Å². The van der Waals surface area contributed by atoms with E-state index < -0.39 is 9.84 Å². The molecule has 0 spiro atoms. The van der Waals surface area contributed by atoms with E-state index in [4.69, 9.17) is 0 Å². The molecule has 0 saturated carbocycles. The molecule has 6 nitrogen and oxygen atoms in total. The van der Waals surface area contributed by atoms with Gasteiger partial charge in [-0.15, -0.1) is 0 Å². The van der Waals surface area contributed by atoms with Crippen LogP contribution in [0.4, 0.5) is 0 Å². The third-order valence-corrected chi connectivity index (χ3v) is 5.14. The molecule has 2 N–H and O–H groups in total. The van der Waals surface area contributed by atoms with E-state index in [2.05, 4.69) is 15.5 Å². The van der Waals surface area contributed by atoms with Crippen molar-refractivity contribution in [2.75, 3.05) is 44.2 Å². The van der Waals surface area contributed by atoms with Gasteiger partial charge in [-0.05, 0) is 19.9 Å². The summed E-state index contributed by atoms with van der Waals surface area (Å²) in [6, 6.07) is -0.182. The van der Waals surface area contributed by atoms with Crippen LogP contribution < -0.4 is 10.6 Å². The van der Waals surface area contributed by atoms with Crippen LogP contribution in [0.3, 0.4) is 0 Å². The molecule has 19 heavy (non-hydrogen) atoms. The summed E-state index contributed by atoms with van der Waals surface area (Å²) in [6.07, 6.45) is 0.589. The Hall–Kier alpha value is -0.660. The van der Waals surface area contributed by atoms with Crippen molar-refractivity contribution in [3.05, 3.63) is 0 Å². The second-order valence-corrected chi connectivity index (χ2v) is 7.21. The number of hydrogen-bond acceptors (Lipinski definition) is 5. The highest BCUT2D eigenvalue weighted by molar-refractivity contribution is 7.91. The zero-order chi connectivity index (χ0) is 14.3. The molecule has 1 saturated heterocycles. The van der Waals surface area contributed by atoms with Crippen molar-refractivity contribution in [3.63, 3.8) is 0 Å². The Morgan fingerprint density at radius 2 is 2.16 bits per heavy atom. The van der Waals surface area contributed by atoms with Crippen LogP contribution in [0.15, 0.2) is 0 Å². The van der Waals surface area contributed by atoms with Crippen LogP contribution in [-0.4, -0.2) is 69.5 Å². The molecular formula is C12H25N3O3S. The molecule has 1 atom stereocenters. The van der Waals surface area contributed by atoms with Crippen molar-refractivity contribution in [2.45, 2.75) is 26.3 Å². The van der Waals surface area contributed by atoms with Crippen LogP contribution in [0, 0.1) is 0 Å². The number of nitrogens with one attached hydrogen (secondary N) is 2. The molecule has 1 fully saturated rings. The fraction of sp³-hybridized carbons (Fsp3) is 0.917. The summed E-state index contributed by atoms with van der Waals surface area (Å²) in [5.41, 5.74) is 0. The summed E-state index contributed by atoms with van der Waals surface area (Å²) in [5.74, 6) is 0.414. The third kappa shape index (κ3) is 5.46. The minimum atomic E-state index is -2.91. The van der Waals surface area contributed by atoms with Crippen LogP contribution in [0.2, 0.25) is 0 Å². The lowest BCUT2D eigenvalue weighted by molar-refractivity contribution is -0.126. The lowest BCUT2D eigenvalue weighted by atomic mass is 10.1. The first-order chi connectivity index (χ1) is 9.00. The Bertz CT molecular complexity index is 384. The lowest BCUT2D eigenvalue weighted by Gasteiger charge is -2.35. The Balaban J connectivity index is 2.47. The van der Waals surface area contributed by atoms with E-state index in [0.717, 1.165) is 13.1 Å². The molecule has 0 aromatic heterocycles.